The molecule has 1 heterocycles. The first-order valence-corrected chi connectivity index (χ1v) is 9.53. The molecule has 5 nitrogen and oxygen atoms in total. The average molecular weight is 429 g/mol. The van der Waals surface area contributed by atoms with Crippen molar-refractivity contribution in [1.29, 1.82) is 0 Å². The molecule has 0 unspecified atom stereocenters. The molecule has 1 aliphatic heterocycles. The van der Waals surface area contributed by atoms with E-state index >= 15 is 0 Å². The second-order valence-electron chi connectivity index (χ2n) is 7.48. The first-order chi connectivity index (χ1) is 13.5. The molecule has 0 saturated carbocycles. The number of benzene rings is 1. The molecule has 0 aromatic heterocycles. The summed E-state index contributed by atoms with van der Waals surface area (Å²) < 4.78 is 38.4. The van der Waals surface area contributed by atoms with Crippen molar-refractivity contribution in [3.63, 3.8) is 0 Å². The number of hydrogen-bond donors (Lipinski definition) is 1. The Balaban J connectivity index is 1.82. The van der Waals surface area contributed by atoms with E-state index in [-0.39, 0.29) is 4.90 Å². The number of fused-ring (bicyclic) bond motifs is 1. The Morgan fingerprint density at radius 2 is 1.79 bits per heavy atom. The molecule has 0 radical (unpaired) electrons. The zero-order valence-electron chi connectivity index (χ0n) is 15.7. The van der Waals surface area contributed by atoms with Crippen LogP contribution < -0.4 is 5.32 Å². The lowest BCUT2D eigenvalue weighted by molar-refractivity contribution is -0.166. The van der Waals surface area contributed by atoms with Crippen LogP contribution in [0.4, 0.5) is 13.2 Å². The summed E-state index contributed by atoms with van der Waals surface area (Å²) in [6, 6.07) is 6.44. The lowest BCUT2D eigenvalue weighted by atomic mass is 9.71. The van der Waals surface area contributed by atoms with Crippen LogP contribution in [0.5, 0.6) is 0 Å². The summed E-state index contributed by atoms with van der Waals surface area (Å²) in [6.07, 6.45) is -1.64. The summed E-state index contributed by atoms with van der Waals surface area (Å²) in [7, 11) is 0. The van der Waals surface area contributed by atoms with Gasteiger partial charge in [-0.1, -0.05) is 42.8 Å². The number of rotatable bonds is 4. The molecular weight excluding hydrogens is 409 g/mol. The van der Waals surface area contributed by atoms with Crippen LogP contribution >= 0.6 is 11.6 Å². The van der Waals surface area contributed by atoms with Crippen LogP contribution in [0, 0.1) is 23.7 Å². The second-order valence-corrected chi connectivity index (χ2v) is 7.92. The summed E-state index contributed by atoms with van der Waals surface area (Å²) in [5.74, 6) is -5.87. The normalized spacial score (nSPS) is 27.7. The summed E-state index contributed by atoms with van der Waals surface area (Å²) in [6.45, 7) is 1.81. The number of hydrogen-bond acceptors (Lipinski definition) is 3. The Morgan fingerprint density at radius 3 is 2.38 bits per heavy atom. The quantitative estimate of drug-likeness (QED) is 0.589. The smallest absolute Gasteiger partial charge is 0.349 e. The third-order valence-electron chi connectivity index (χ3n) is 5.43. The molecule has 29 heavy (non-hydrogen) atoms. The highest BCUT2D eigenvalue weighted by atomic mass is 35.5. The topological polar surface area (TPSA) is 66.5 Å². The monoisotopic (exact) mass is 428 g/mol. The van der Waals surface area contributed by atoms with E-state index in [2.05, 4.69) is 5.32 Å². The fourth-order valence-corrected chi connectivity index (χ4v) is 4.10. The van der Waals surface area contributed by atoms with Gasteiger partial charge in [0.15, 0.2) is 0 Å². The van der Waals surface area contributed by atoms with E-state index in [0.29, 0.717) is 5.02 Å². The first kappa shape index (κ1) is 21.4. The predicted octanol–water partition coefficient (Wildman–Crippen LogP) is 3.50. The number of nitrogens with one attached hydrogen (secondary N) is 1. The Labute approximate surface area is 170 Å². The fraction of sp³-hybridized carbons (Fsp3) is 0.450. The Morgan fingerprint density at radius 1 is 1.17 bits per heavy atom. The molecule has 3 rings (SSSR count). The van der Waals surface area contributed by atoms with Crippen molar-refractivity contribution < 1.29 is 27.6 Å². The van der Waals surface area contributed by atoms with Gasteiger partial charge < -0.3 is 5.32 Å². The molecule has 9 heteroatoms. The Kier molecular flexibility index (Phi) is 5.76. The van der Waals surface area contributed by atoms with E-state index in [1.807, 2.05) is 0 Å². The van der Waals surface area contributed by atoms with Gasteiger partial charge in [0.05, 0.1) is 23.8 Å². The minimum atomic E-state index is -4.70. The molecule has 0 spiro atoms. The minimum Gasteiger partial charge on any atom is -0.349 e. The second kappa shape index (κ2) is 7.82. The Hall–Kier alpha value is -2.35. The van der Waals surface area contributed by atoms with Crippen LogP contribution in [0.25, 0.3) is 0 Å². The van der Waals surface area contributed by atoms with Crippen LogP contribution in [0.3, 0.4) is 0 Å². The standard InChI is InChI=1S/C20H20ClF3N2O3/c1-10-3-8-14-16(19(29)26(18(14)28)9-20(22,23)24)15(10)17(27)25-11(2)12-4-6-13(21)7-5-12/h3-8,10-11,14-16H,9H2,1-2H3,(H,25,27)/t10-,11+,14+,15-,16+/m1/s1. The maximum atomic E-state index is 13.0. The number of alkyl halides is 3. The maximum absolute atomic E-state index is 13.0. The van der Waals surface area contributed by atoms with Crippen LogP contribution in [-0.4, -0.2) is 35.3 Å². The summed E-state index contributed by atoms with van der Waals surface area (Å²) in [5, 5.41) is 3.35. The van der Waals surface area contributed by atoms with Gasteiger partial charge in [0.25, 0.3) is 0 Å². The summed E-state index contributed by atoms with van der Waals surface area (Å²) >= 11 is 5.86. The van der Waals surface area contributed by atoms with Crippen molar-refractivity contribution in [2.45, 2.75) is 26.1 Å². The summed E-state index contributed by atoms with van der Waals surface area (Å²) in [4.78, 5) is 38.2. The van der Waals surface area contributed by atoms with Gasteiger partial charge in [0, 0.05) is 5.02 Å². The third kappa shape index (κ3) is 4.32. The van der Waals surface area contributed by atoms with Crippen LogP contribution in [-0.2, 0) is 14.4 Å². The van der Waals surface area contributed by atoms with Gasteiger partial charge in [-0.25, -0.2) is 0 Å². The van der Waals surface area contributed by atoms with Gasteiger partial charge in [-0.3, -0.25) is 19.3 Å². The van der Waals surface area contributed by atoms with Gasteiger partial charge in [0.1, 0.15) is 6.54 Å². The van der Waals surface area contributed by atoms with Crippen molar-refractivity contribution in [2.24, 2.45) is 23.7 Å². The first-order valence-electron chi connectivity index (χ1n) is 9.15. The van der Waals surface area contributed by atoms with Crippen molar-refractivity contribution >= 4 is 29.3 Å². The molecule has 1 fully saturated rings. The number of carbonyl (C=O) groups excluding carboxylic acids is 3. The zero-order valence-corrected chi connectivity index (χ0v) is 16.5. The minimum absolute atomic E-state index is 0.223. The highest BCUT2D eigenvalue weighted by Crippen LogP contribution is 2.42. The van der Waals surface area contributed by atoms with Gasteiger partial charge in [-0.15, -0.1) is 0 Å². The molecule has 1 aromatic rings. The van der Waals surface area contributed by atoms with E-state index in [1.165, 1.54) is 6.08 Å². The molecule has 3 amide bonds. The maximum Gasteiger partial charge on any atom is 0.406 e. The predicted molar refractivity (Wildman–Crippen MR) is 99.6 cm³/mol. The fourth-order valence-electron chi connectivity index (χ4n) is 3.98. The number of allylic oxidation sites excluding steroid dienone is 1. The molecular formula is C20H20ClF3N2O3. The molecule has 5 atom stereocenters. The van der Waals surface area contributed by atoms with Gasteiger partial charge >= 0.3 is 6.18 Å². The molecule has 1 saturated heterocycles. The van der Waals surface area contributed by atoms with Crippen LogP contribution in [0.1, 0.15) is 25.5 Å². The van der Waals surface area contributed by atoms with Crippen LogP contribution in [0.2, 0.25) is 5.02 Å². The molecule has 2 aliphatic rings. The number of amides is 3. The summed E-state index contributed by atoms with van der Waals surface area (Å²) in [5.41, 5.74) is 0.783. The SMILES string of the molecule is C[C@H](NC(=O)[C@H]1[C@H]2C(=O)N(CC(F)(F)F)C(=O)[C@H]2C=C[C@H]1C)c1ccc(Cl)cc1. The molecule has 1 N–H and O–H groups in total. The van der Waals surface area contributed by atoms with E-state index in [1.54, 1.807) is 44.2 Å². The number of likely N-dealkylation sites (tertiary alicyclic amines) is 1. The Bertz CT molecular complexity index is 854. The number of nitrogens with zero attached hydrogens (tertiary/aromatic N) is 1. The van der Waals surface area contributed by atoms with Gasteiger partial charge in [0.2, 0.25) is 17.7 Å². The third-order valence-corrected chi connectivity index (χ3v) is 5.69. The molecule has 0 bridgehead atoms. The van der Waals surface area contributed by atoms with Crippen LogP contribution in [0.15, 0.2) is 36.4 Å². The van der Waals surface area contributed by atoms with E-state index in [0.717, 1.165) is 5.56 Å². The van der Waals surface area contributed by atoms with E-state index in [9.17, 15) is 27.6 Å². The number of carbonyl (C=O) groups is 3. The van der Waals surface area contributed by atoms with Crippen molar-refractivity contribution in [1.82, 2.24) is 10.2 Å². The molecule has 1 aliphatic carbocycles. The van der Waals surface area contributed by atoms with Gasteiger partial charge in [-0.05, 0) is 30.5 Å². The van der Waals surface area contributed by atoms with Crippen molar-refractivity contribution in [2.75, 3.05) is 6.54 Å². The molecule has 156 valence electrons. The van der Waals surface area contributed by atoms with Gasteiger partial charge in [-0.2, -0.15) is 13.2 Å². The number of halogens is 4. The molecule has 1 aromatic carbocycles. The lowest BCUT2D eigenvalue weighted by Gasteiger charge is -2.32. The van der Waals surface area contributed by atoms with E-state index < -0.39 is 60.2 Å². The highest BCUT2D eigenvalue weighted by molar-refractivity contribution is 6.30. The largest absolute Gasteiger partial charge is 0.406 e. The average Bonchev–Trinajstić information content (AvgIpc) is 2.85. The van der Waals surface area contributed by atoms with Crippen molar-refractivity contribution in [3.05, 3.63) is 47.0 Å². The van der Waals surface area contributed by atoms with Crippen molar-refractivity contribution in [3.8, 4) is 0 Å². The number of imide groups is 1. The van der Waals surface area contributed by atoms with E-state index in [4.69, 9.17) is 11.6 Å². The highest BCUT2D eigenvalue weighted by Gasteiger charge is 2.56. The zero-order chi connectivity index (χ0) is 21.5. The lowest BCUT2D eigenvalue weighted by Crippen LogP contribution is -2.45.